The van der Waals surface area contributed by atoms with E-state index in [-0.39, 0.29) is 12.5 Å². The summed E-state index contributed by atoms with van der Waals surface area (Å²) in [5.74, 6) is -0.203. The Morgan fingerprint density at radius 1 is 0.432 bits per heavy atom. The van der Waals surface area contributed by atoms with Crippen LogP contribution in [0.3, 0.4) is 0 Å². The van der Waals surface area contributed by atoms with Crippen LogP contribution in [0.1, 0.15) is 341 Å². The molecule has 476 valence electrons. The third-order valence-corrected chi connectivity index (χ3v) is 16.9. The molecule has 3 unspecified atom stereocenters. The van der Waals surface area contributed by atoms with Crippen molar-refractivity contribution in [3.63, 3.8) is 0 Å². The first kappa shape index (κ1) is 79.2. The number of hydrogen-bond donors (Lipinski definition) is 2. The molecule has 2 N–H and O–H groups in total. The van der Waals surface area contributed by atoms with Crippen LogP contribution in [-0.4, -0.2) is 68.5 Å². The molecule has 0 aromatic carbocycles. The number of aliphatic hydroxyl groups is 1. The summed E-state index contributed by atoms with van der Waals surface area (Å²) >= 11 is 0. The number of carbonyl (C=O) groups excluding carboxylic acids is 1. The number of rotatable bonds is 65. The quantitative estimate of drug-likeness (QED) is 0.0272. The van der Waals surface area contributed by atoms with Gasteiger partial charge in [0.05, 0.1) is 39.9 Å². The van der Waals surface area contributed by atoms with Gasteiger partial charge in [-0.05, 0) is 70.6 Å². The van der Waals surface area contributed by atoms with E-state index in [0.29, 0.717) is 17.4 Å². The number of aliphatic hydroxyl groups excluding tert-OH is 1. The SMILES string of the molecule is CCCCCCC/C=C\C/C=C\C/C=C\CCCCCCCCCCCCCCCCCCC(=O)NC(COP(=O)([O-])OCC[N+](C)(C)C)C(O)/C=C/CC/C=C/CCCCCCCCCCCCCCCCCCCCCCCC. The van der Waals surface area contributed by atoms with Gasteiger partial charge in [-0.1, -0.05) is 325 Å². The molecule has 0 rings (SSSR count). The predicted molar refractivity (Wildman–Crippen MR) is 353 cm³/mol. The number of nitrogens with one attached hydrogen (secondary N) is 1. The van der Waals surface area contributed by atoms with Crippen LogP contribution in [0.2, 0.25) is 0 Å². The minimum atomic E-state index is -4.61. The number of allylic oxidation sites excluding steroid dienone is 9. The molecule has 0 saturated heterocycles. The maximum Gasteiger partial charge on any atom is 0.268 e. The summed E-state index contributed by atoms with van der Waals surface area (Å²) in [5.41, 5.74) is 0. The highest BCUT2D eigenvalue weighted by Crippen LogP contribution is 2.38. The van der Waals surface area contributed by atoms with Crippen molar-refractivity contribution in [2.24, 2.45) is 0 Å². The number of likely N-dealkylation sites (N-methyl/N-ethyl adjacent to an activating group) is 1. The van der Waals surface area contributed by atoms with Gasteiger partial charge in [0.15, 0.2) is 0 Å². The summed E-state index contributed by atoms with van der Waals surface area (Å²) in [6.07, 6.45) is 86.3. The van der Waals surface area contributed by atoms with Gasteiger partial charge in [-0.3, -0.25) is 9.36 Å². The molecule has 0 saturated carbocycles. The second-order valence-electron chi connectivity index (χ2n) is 25.2. The van der Waals surface area contributed by atoms with Gasteiger partial charge in [0.1, 0.15) is 13.2 Å². The van der Waals surface area contributed by atoms with E-state index in [0.717, 1.165) is 51.4 Å². The second-order valence-corrected chi connectivity index (χ2v) is 26.6. The van der Waals surface area contributed by atoms with Gasteiger partial charge in [-0.15, -0.1) is 0 Å². The summed E-state index contributed by atoms with van der Waals surface area (Å²) in [7, 11) is 1.25. The van der Waals surface area contributed by atoms with Crippen LogP contribution in [0.15, 0.2) is 60.8 Å². The minimum absolute atomic E-state index is 0.00665. The number of carbonyl (C=O) groups is 1. The first-order valence-electron chi connectivity index (χ1n) is 35.2. The largest absolute Gasteiger partial charge is 0.756 e. The van der Waals surface area contributed by atoms with Crippen LogP contribution in [0.25, 0.3) is 0 Å². The first-order valence-corrected chi connectivity index (χ1v) is 36.6. The molecule has 0 aliphatic heterocycles. The Balaban J connectivity index is 4.10. The lowest BCUT2D eigenvalue weighted by molar-refractivity contribution is -0.870. The van der Waals surface area contributed by atoms with E-state index in [1.54, 1.807) is 6.08 Å². The Labute approximate surface area is 504 Å². The average Bonchev–Trinajstić information content (AvgIpc) is 3.43. The van der Waals surface area contributed by atoms with Gasteiger partial charge in [0, 0.05) is 6.42 Å². The minimum Gasteiger partial charge on any atom is -0.756 e. The highest BCUT2D eigenvalue weighted by Gasteiger charge is 2.23. The Morgan fingerprint density at radius 2 is 0.728 bits per heavy atom. The number of quaternary nitrogens is 1. The molecule has 0 aliphatic rings. The normalized spacial score (nSPS) is 14.0. The maximum atomic E-state index is 13.0. The number of amides is 1. The van der Waals surface area contributed by atoms with Crippen molar-refractivity contribution >= 4 is 13.7 Å². The number of unbranched alkanes of at least 4 members (excludes halogenated alkanes) is 44. The van der Waals surface area contributed by atoms with Gasteiger partial charge in [-0.25, -0.2) is 0 Å². The highest BCUT2D eigenvalue weighted by molar-refractivity contribution is 7.45. The molecule has 9 heteroatoms. The smallest absolute Gasteiger partial charge is 0.268 e. The number of hydrogen-bond acceptors (Lipinski definition) is 6. The Kier molecular flexibility index (Phi) is 61.3. The Morgan fingerprint density at radius 3 is 1.09 bits per heavy atom. The van der Waals surface area contributed by atoms with E-state index in [1.807, 2.05) is 27.2 Å². The molecule has 0 heterocycles. The number of nitrogens with zero attached hydrogens (tertiary/aromatic N) is 1. The van der Waals surface area contributed by atoms with Crippen molar-refractivity contribution in [3.05, 3.63) is 60.8 Å². The van der Waals surface area contributed by atoms with E-state index in [1.165, 1.54) is 270 Å². The molecule has 3 atom stereocenters. The van der Waals surface area contributed by atoms with E-state index in [2.05, 4.69) is 67.8 Å². The molecular weight excluding hydrogens is 1020 g/mol. The topological polar surface area (TPSA) is 108 Å². The first-order chi connectivity index (χ1) is 39.5. The van der Waals surface area contributed by atoms with Crippen molar-refractivity contribution in [2.75, 3.05) is 40.9 Å². The van der Waals surface area contributed by atoms with Gasteiger partial charge in [0.2, 0.25) is 5.91 Å². The molecule has 0 spiro atoms. The van der Waals surface area contributed by atoms with Crippen LogP contribution in [0.4, 0.5) is 0 Å². The molecule has 1 amide bonds. The predicted octanol–water partition coefficient (Wildman–Crippen LogP) is 21.8. The Bertz CT molecular complexity index is 1500. The van der Waals surface area contributed by atoms with Crippen molar-refractivity contribution in [2.45, 2.75) is 353 Å². The third-order valence-electron chi connectivity index (χ3n) is 15.9. The fourth-order valence-electron chi connectivity index (χ4n) is 10.5. The van der Waals surface area contributed by atoms with Crippen LogP contribution in [0, 0.1) is 0 Å². The highest BCUT2D eigenvalue weighted by atomic mass is 31.2. The monoisotopic (exact) mass is 1160 g/mol. The van der Waals surface area contributed by atoms with Gasteiger partial charge >= 0.3 is 0 Å². The maximum absolute atomic E-state index is 13.0. The molecule has 0 radical (unpaired) electrons. The lowest BCUT2D eigenvalue weighted by Crippen LogP contribution is -2.45. The van der Waals surface area contributed by atoms with E-state index in [4.69, 9.17) is 9.05 Å². The molecule has 8 nitrogen and oxygen atoms in total. The van der Waals surface area contributed by atoms with Crippen LogP contribution in [-0.2, 0) is 18.4 Å². The molecule has 0 bridgehead atoms. The lowest BCUT2D eigenvalue weighted by Gasteiger charge is -2.29. The van der Waals surface area contributed by atoms with Crippen LogP contribution < -0.4 is 10.2 Å². The number of phosphoric acid groups is 1. The third kappa shape index (κ3) is 65.6. The van der Waals surface area contributed by atoms with E-state index in [9.17, 15) is 19.4 Å². The van der Waals surface area contributed by atoms with E-state index < -0.39 is 26.6 Å². The lowest BCUT2D eigenvalue weighted by atomic mass is 10.0. The van der Waals surface area contributed by atoms with Gasteiger partial charge < -0.3 is 28.8 Å². The van der Waals surface area contributed by atoms with Crippen molar-refractivity contribution in [1.82, 2.24) is 5.32 Å². The van der Waals surface area contributed by atoms with Crippen molar-refractivity contribution in [3.8, 4) is 0 Å². The molecule has 0 aromatic heterocycles. The van der Waals surface area contributed by atoms with Crippen molar-refractivity contribution < 1.29 is 32.9 Å². The molecule has 0 aliphatic carbocycles. The van der Waals surface area contributed by atoms with Gasteiger partial charge in [0.25, 0.3) is 7.82 Å². The standard InChI is InChI=1S/C72H137N2O6P/c1-6-8-10-12-14-16-18-20-22-24-26-28-30-32-34-36-37-38-40-42-44-46-48-50-52-54-56-58-60-62-64-66-72(76)73-70(69-80-81(77,78)79-68-67-74(3,4)5)71(75)65-63-61-59-57-55-53-51-49-47-45-43-41-39-35-33-31-29-27-25-23-21-19-17-15-13-11-9-7-2/h18,20,24,26,30,32,55,57,63,65,70-71,75H,6-17,19,21-23,25,27-29,31,33-54,56,58-62,64,66-69H2,1-5H3,(H-,73,76,77,78)/b20-18-,26-24-,32-30-,57-55+,65-63+. The molecule has 0 fully saturated rings. The summed E-state index contributed by atoms with van der Waals surface area (Å²) in [6.45, 7) is 4.66. The zero-order chi connectivity index (χ0) is 59.1. The summed E-state index contributed by atoms with van der Waals surface area (Å²) in [5, 5.41) is 13.9. The zero-order valence-corrected chi connectivity index (χ0v) is 55.4. The van der Waals surface area contributed by atoms with E-state index >= 15 is 0 Å². The fourth-order valence-corrected chi connectivity index (χ4v) is 11.2. The van der Waals surface area contributed by atoms with Gasteiger partial charge in [-0.2, -0.15) is 0 Å². The number of phosphoric ester groups is 1. The summed E-state index contributed by atoms with van der Waals surface area (Å²) in [4.78, 5) is 25.6. The summed E-state index contributed by atoms with van der Waals surface area (Å²) in [6, 6.07) is -0.907. The van der Waals surface area contributed by atoms with Crippen LogP contribution >= 0.6 is 7.82 Å². The average molecular weight is 1160 g/mol. The zero-order valence-electron chi connectivity index (χ0n) is 54.5. The van der Waals surface area contributed by atoms with Crippen LogP contribution in [0.5, 0.6) is 0 Å². The van der Waals surface area contributed by atoms with Crippen molar-refractivity contribution in [1.29, 1.82) is 0 Å². The molecule has 0 aromatic rings. The second kappa shape index (κ2) is 62.7. The Hall–Kier alpha value is -1.80. The molecule has 81 heavy (non-hydrogen) atoms. The molecular formula is C72H137N2O6P. The fraction of sp³-hybridized carbons (Fsp3) is 0.847. The summed E-state index contributed by atoms with van der Waals surface area (Å²) < 4.78 is 23.4.